The maximum atomic E-state index is 13.4. The highest BCUT2D eigenvalue weighted by atomic mass is 19.1. The standard InChI is InChI=1S/C13H13FN2O2/c1-18-10-2-3-12-11(5-10)13(17)16-7-8(14)4-9(16)6-15-12/h2-3,5-6,8-9H,4,7H2,1H3/t8?,9-/m0/s1. The number of benzene rings is 1. The van der Waals surface area contributed by atoms with Crippen molar-refractivity contribution in [1.29, 1.82) is 0 Å². The Morgan fingerprint density at radius 1 is 1.50 bits per heavy atom. The molecule has 18 heavy (non-hydrogen) atoms. The summed E-state index contributed by atoms with van der Waals surface area (Å²) in [5.74, 6) is 0.429. The predicted octanol–water partition coefficient (Wildman–Crippen LogP) is 1.96. The van der Waals surface area contributed by atoms with Crippen LogP contribution in [-0.4, -0.2) is 42.9 Å². The van der Waals surface area contributed by atoms with Crippen molar-refractivity contribution in [3.05, 3.63) is 23.8 Å². The average molecular weight is 248 g/mol. The van der Waals surface area contributed by atoms with E-state index in [1.807, 2.05) is 0 Å². The highest BCUT2D eigenvalue weighted by Gasteiger charge is 2.37. The van der Waals surface area contributed by atoms with Crippen molar-refractivity contribution in [2.75, 3.05) is 13.7 Å². The van der Waals surface area contributed by atoms with Gasteiger partial charge in [-0.2, -0.15) is 0 Å². The summed E-state index contributed by atoms with van der Waals surface area (Å²) < 4.78 is 18.5. The van der Waals surface area contributed by atoms with Crippen molar-refractivity contribution in [3.8, 4) is 5.75 Å². The molecule has 1 unspecified atom stereocenters. The highest BCUT2D eigenvalue weighted by molar-refractivity contribution is 6.03. The van der Waals surface area contributed by atoms with Crippen molar-refractivity contribution >= 4 is 17.8 Å². The number of halogens is 1. The molecule has 5 heteroatoms. The van der Waals surface area contributed by atoms with Gasteiger partial charge in [-0.1, -0.05) is 0 Å². The van der Waals surface area contributed by atoms with Gasteiger partial charge in [0.25, 0.3) is 5.91 Å². The smallest absolute Gasteiger partial charge is 0.256 e. The second-order valence-corrected chi connectivity index (χ2v) is 4.52. The molecule has 0 N–H and O–H groups in total. The molecule has 1 amide bonds. The number of aliphatic imine (C=N–C) groups is 1. The number of methoxy groups -OCH3 is 1. The van der Waals surface area contributed by atoms with E-state index in [2.05, 4.69) is 4.99 Å². The van der Waals surface area contributed by atoms with Crippen LogP contribution in [0.1, 0.15) is 16.8 Å². The van der Waals surface area contributed by atoms with E-state index >= 15 is 0 Å². The minimum absolute atomic E-state index is 0.145. The monoisotopic (exact) mass is 248 g/mol. The first-order valence-electron chi connectivity index (χ1n) is 5.86. The number of hydrogen-bond acceptors (Lipinski definition) is 3. The molecule has 94 valence electrons. The molecule has 2 aliphatic rings. The first kappa shape index (κ1) is 11.2. The molecule has 3 rings (SSSR count). The van der Waals surface area contributed by atoms with Gasteiger partial charge in [-0.15, -0.1) is 0 Å². The maximum absolute atomic E-state index is 13.4. The number of ether oxygens (including phenoxy) is 1. The summed E-state index contributed by atoms with van der Waals surface area (Å²) in [4.78, 5) is 18.2. The molecular weight excluding hydrogens is 235 g/mol. The highest BCUT2D eigenvalue weighted by Crippen LogP contribution is 2.31. The van der Waals surface area contributed by atoms with Gasteiger partial charge in [-0.25, -0.2) is 4.39 Å². The maximum Gasteiger partial charge on any atom is 0.256 e. The Bertz CT molecular complexity index is 530. The number of rotatable bonds is 1. The molecule has 0 radical (unpaired) electrons. The molecule has 2 heterocycles. The van der Waals surface area contributed by atoms with Gasteiger partial charge in [0.1, 0.15) is 11.9 Å². The molecule has 1 aromatic carbocycles. The van der Waals surface area contributed by atoms with Gasteiger partial charge in [-0.05, 0) is 18.2 Å². The molecule has 0 bridgehead atoms. The predicted molar refractivity (Wildman–Crippen MR) is 65.5 cm³/mol. The zero-order valence-electron chi connectivity index (χ0n) is 9.97. The fraction of sp³-hybridized carbons (Fsp3) is 0.385. The van der Waals surface area contributed by atoms with Crippen LogP contribution in [0, 0.1) is 0 Å². The molecule has 0 saturated carbocycles. The van der Waals surface area contributed by atoms with Crippen LogP contribution in [0.15, 0.2) is 23.2 Å². The lowest BCUT2D eigenvalue weighted by atomic mass is 10.1. The molecule has 1 aromatic rings. The fourth-order valence-corrected chi connectivity index (χ4v) is 2.43. The summed E-state index contributed by atoms with van der Waals surface area (Å²) in [6.07, 6.45) is 1.04. The van der Waals surface area contributed by atoms with Crippen molar-refractivity contribution in [2.45, 2.75) is 18.6 Å². The number of carbonyl (C=O) groups excluding carboxylic acids is 1. The van der Waals surface area contributed by atoms with Gasteiger partial charge in [0.2, 0.25) is 0 Å². The van der Waals surface area contributed by atoms with Crippen LogP contribution in [0.25, 0.3) is 0 Å². The van der Waals surface area contributed by atoms with E-state index in [4.69, 9.17) is 4.74 Å². The summed E-state index contributed by atoms with van der Waals surface area (Å²) in [5, 5.41) is 0. The number of nitrogens with zero attached hydrogens (tertiary/aromatic N) is 2. The van der Waals surface area contributed by atoms with Gasteiger partial charge >= 0.3 is 0 Å². The van der Waals surface area contributed by atoms with Crippen molar-refractivity contribution in [2.24, 2.45) is 4.99 Å². The van der Waals surface area contributed by atoms with E-state index in [1.54, 1.807) is 36.4 Å². The number of hydrogen-bond donors (Lipinski definition) is 0. The van der Waals surface area contributed by atoms with E-state index in [0.29, 0.717) is 23.4 Å². The topological polar surface area (TPSA) is 41.9 Å². The third kappa shape index (κ3) is 1.66. The average Bonchev–Trinajstić information content (AvgIpc) is 2.71. The van der Waals surface area contributed by atoms with Gasteiger partial charge < -0.3 is 9.64 Å². The molecular formula is C13H13FN2O2. The Morgan fingerprint density at radius 3 is 3.11 bits per heavy atom. The quantitative estimate of drug-likeness (QED) is 0.762. The van der Waals surface area contributed by atoms with Gasteiger partial charge in [0.05, 0.1) is 30.9 Å². The van der Waals surface area contributed by atoms with Crippen molar-refractivity contribution in [1.82, 2.24) is 4.90 Å². The molecule has 1 saturated heterocycles. The summed E-state index contributed by atoms with van der Waals surface area (Å²) in [7, 11) is 1.54. The largest absolute Gasteiger partial charge is 0.497 e. The Balaban J connectivity index is 2.05. The van der Waals surface area contributed by atoms with Crippen molar-refractivity contribution in [3.63, 3.8) is 0 Å². The van der Waals surface area contributed by atoms with Gasteiger partial charge in [0, 0.05) is 12.6 Å². The van der Waals surface area contributed by atoms with Gasteiger partial charge in [-0.3, -0.25) is 9.79 Å². The molecule has 0 aliphatic carbocycles. The van der Waals surface area contributed by atoms with Crippen molar-refractivity contribution < 1.29 is 13.9 Å². The normalized spacial score (nSPS) is 25.7. The first-order valence-corrected chi connectivity index (χ1v) is 5.86. The van der Waals surface area contributed by atoms with E-state index in [9.17, 15) is 9.18 Å². The molecule has 2 atom stereocenters. The van der Waals surface area contributed by atoms with Gasteiger partial charge in [0.15, 0.2) is 0 Å². The van der Waals surface area contributed by atoms with Crippen LogP contribution >= 0.6 is 0 Å². The number of fused-ring (bicyclic) bond motifs is 2. The third-order valence-corrected chi connectivity index (χ3v) is 3.37. The van der Waals surface area contributed by atoms with E-state index in [0.717, 1.165) is 0 Å². The second-order valence-electron chi connectivity index (χ2n) is 4.52. The van der Waals surface area contributed by atoms with Crippen LogP contribution in [0.3, 0.4) is 0 Å². The minimum atomic E-state index is -0.961. The molecule has 1 fully saturated rings. The minimum Gasteiger partial charge on any atom is -0.497 e. The lowest BCUT2D eigenvalue weighted by molar-refractivity contribution is 0.0765. The zero-order valence-corrected chi connectivity index (χ0v) is 9.97. The Morgan fingerprint density at radius 2 is 2.33 bits per heavy atom. The SMILES string of the molecule is COc1ccc2c(c1)C(=O)N1CC(F)C[C@H]1C=N2. The molecule has 0 spiro atoms. The fourth-order valence-electron chi connectivity index (χ4n) is 2.43. The van der Waals surface area contributed by atoms with E-state index in [-0.39, 0.29) is 18.5 Å². The van der Waals surface area contributed by atoms with Crippen LogP contribution < -0.4 is 4.74 Å². The number of amides is 1. The van der Waals surface area contributed by atoms with E-state index in [1.165, 1.54) is 0 Å². The molecule has 4 nitrogen and oxygen atoms in total. The second kappa shape index (κ2) is 4.08. The number of alkyl halides is 1. The first-order chi connectivity index (χ1) is 8.69. The summed E-state index contributed by atoms with van der Waals surface area (Å²) in [6.45, 7) is 0.145. The van der Waals surface area contributed by atoms with Crippen LogP contribution in [0.4, 0.5) is 10.1 Å². The van der Waals surface area contributed by atoms with Crippen LogP contribution in [0.5, 0.6) is 5.75 Å². The summed E-state index contributed by atoms with van der Waals surface area (Å²) in [6, 6.07) is 4.93. The third-order valence-electron chi connectivity index (χ3n) is 3.37. The molecule has 0 aromatic heterocycles. The number of carbonyl (C=O) groups is 1. The Kier molecular flexibility index (Phi) is 2.54. The zero-order chi connectivity index (χ0) is 12.7. The lowest BCUT2D eigenvalue weighted by Gasteiger charge is -2.19. The van der Waals surface area contributed by atoms with Crippen LogP contribution in [-0.2, 0) is 0 Å². The van der Waals surface area contributed by atoms with E-state index < -0.39 is 6.17 Å². The summed E-state index contributed by atoms with van der Waals surface area (Å²) in [5.41, 5.74) is 1.09. The summed E-state index contributed by atoms with van der Waals surface area (Å²) >= 11 is 0. The Labute approximate surface area is 104 Å². The lowest BCUT2D eigenvalue weighted by Crippen LogP contribution is -2.35. The van der Waals surface area contributed by atoms with Crippen LogP contribution in [0.2, 0.25) is 0 Å². The molecule has 2 aliphatic heterocycles. The Hall–Kier alpha value is -1.91.